The van der Waals surface area contributed by atoms with Gasteiger partial charge in [0.25, 0.3) is 0 Å². The van der Waals surface area contributed by atoms with Crippen LogP contribution in [-0.4, -0.2) is 21.3 Å². The maximum Gasteiger partial charge on any atom is 0.147 e. The van der Waals surface area contributed by atoms with Gasteiger partial charge >= 0.3 is 0 Å². The minimum absolute atomic E-state index is 0.0254. The molecule has 1 aromatic rings. The van der Waals surface area contributed by atoms with E-state index in [2.05, 4.69) is 4.98 Å². The van der Waals surface area contributed by atoms with Crippen molar-refractivity contribution in [2.45, 2.75) is 38.9 Å². The van der Waals surface area contributed by atoms with Gasteiger partial charge in [0.15, 0.2) is 0 Å². The Morgan fingerprint density at radius 3 is 2.44 bits per heavy atom. The maximum atomic E-state index is 13.3. The largest absolute Gasteiger partial charge is 0.390 e. The second kappa shape index (κ2) is 5.92. The van der Waals surface area contributed by atoms with E-state index in [9.17, 15) is 14.6 Å². The quantitative estimate of drug-likeness (QED) is 0.809. The fourth-order valence-corrected chi connectivity index (χ4v) is 1.84. The number of hydrogen-bond acceptors (Lipinski definition) is 3. The van der Waals surface area contributed by atoms with Crippen LogP contribution in [0.2, 0.25) is 0 Å². The predicted octanol–water partition coefficient (Wildman–Crippen LogP) is 2.05. The molecule has 0 bridgehead atoms. The van der Waals surface area contributed by atoms with E-state index in [-0.39, 0.29) is 11.5 Å². The maximum absolute atomic E-state index is 13.3. The molecule has 2 unspecified atom stereocenters. The van der Waals surface area contributed by atoms with Gasteiger partial charge < -0.3 is 10.2 Å². The highest BCUT2D eigenvalue weighted by Gasteiger charge is 2.26. The number of aliphatic hydroxyl groups excluding tert-OH is 2. The SMILES string of the molecule is CCC(CC)C(O)C(O)c1ccncc1F. The summed E-state index contributed by atoms with van der Waals surface area (Å²) in [4.78, 5) is 3.60. The standard InChI is InChI=1S/C12H18FNO2/c1-3-8(4-2)11(15)12(16)9-5-6-14-7-10(9)13/h5-8,11-12,15-16H,3-4H2,1-2H3. The molecule has 0 aliphatic carbocycles. The Morgan fingerprint density at radius 2 is 1.94 bits per heavy atom. The Morgan fingerprint density at radius 1 is 1.31 bits per heavy atom. The van der Waals surface area contributed by atoms with Crippen molar-refractivity contribution in [3.05, 3.63) is 29.8 Å². The minimum atomic E-state index is -1.19. The highest BCUT2D eigenvalue weighted by Crippen LogP contribution is 2.26. The third kappa shape index (κ3) is 2.77. The Labute approximate surface area is 95.0 Å². The molecule has 1 rings (SSSR count). The first-order valence-corrected chi connectivity index (χ1v) is 5.57. The van der Waals surface area contributed by atoms with Gasteiger partial charge in [0.2, 0.25) is 0 Å². The monoisotopic (exact) mass is 227 g/mol. The molecule has 1 aromatic heterocycles. The van der Waals surface area contributed by atoms with Crippen molar-refractivity contribution in [3.63, 3.8) is 0 Å². The zero-order chi connectivity index (χ0) is 12.1. The van der Waals surface area contributed by atoms with Crippen molar-refractivity contribution in [1.29, 1.82) is 0 Å². The van der Waals surface area contributed by atoms with Crippen molar-refractivity contribution < 1.29 is 14.6 Å². The molecule has 0 aliphatic rings. The van der Waals surface area contributed by atoms with Crippen molar-refractivity contribution in [2.75, 3.05) is 0 Å². The van der Waals surface area contributed by atoms with Gasteiger partial charge in [-0.25, -0.2) is 4.39 Å². The highest BCUT2D eigenvalue weighted by atomic mass is 19.1. The summed E-state index contributed by atoms with van der Waals surface area (Å²) in [5.41, 5.74) is 0.106. The van der Waals surface area contributed by atoms with Crippen LogP contribution in [0.1, 0.15) is 38.4 Å². The van der Waals surface area contributed by atoms with Gasteiger partial charge in [-0.2, -0.15) is 0 Å². The molecule has 0 aliphatic heterocycles. The van der Waals surface area contributed by atoms with E-state index < -0.39 is 18.0 Å². The van der Waals surface area contributed by atoms with Crippen molar-refractivity contribution in [2.24, 2.45) is 5.92 Å². The average Bonchev–Trinajstić information content (AvgIpc) is 2.30. The number of pyridine rings is 1. The number of rotatable bonds is 5. The molecule has 2 atom stereocenters. The molecule has 0 amide bonds. The molecule has 1 heterocycles. The molecular formula is C12H18FNO2. The van der Waals surface area contributed by atoms with Crippen molar-refractivity contribution in [3.8, 4) is 0 Å². The number of aromatic nitrogens is 1. The van der Waals surface area contributed by atoms with Crippen LogP contribution < -0.4 is 0 Å². The average molecular weight is 227 g/mol. The number of nitrogens with zero attached hydrogens (tertiary/aromatic N) is 1. The first-order valence-electron chi connectivity index (χ1n) is 5.57. The van der Waals surface area contributed by atoms with E-state index >= 15 is 0 Å². The molecule has 2 N–H and O–H groups in total. The van der Waals surface area contributed by atoms with Gasteiger partial charge in [-0.3, -0.25) is 4.98 Å². The van der Waals surface area contributed by atoms with Crippen LogP contribution in [0.15, 0.2) is 18.5 Å². The van der Waals surface area contributed by atoms with E-state index in [4.69, 9.17) is 0 Å². The van der Waals surface area contributed by atoms with E-state index in [1.807, 2.05) is 13.8 Å². The van der Waals surface area contributed by atoms with Crippen LogP contribution in [0.3, 0.4) is 0 Å². The fourth-order valence-electron chi connectivity index (χ4n) is 1.84. The van der Waals surface area contributed by atoms with Crippen LogP contribution in [0, 0.1) is 11.7 Å². The van der Waals surface area contributed by atoms with Crippen LogP contribution in [0.5, 0.6) is 0 Å². The minimum Gasteiger partial charge on any atom is -0.390 e. The van der Waals surface area contributed by atoms with Gasteiger partial charge in [-0.1, -0.05) is 26.7 Å². The van der Waals surface area contributed by atoms with Gasteiger partial charge in [-0.05, 0) is 12.0 Å². The zero-order valence-corrected chi connectivity index (χ0v) is 9.60. The number of hydrogen-bond donors (Lipinski definition) is 2. The molecule has 0 aromatic carbocycles. The summed E-state index contributed by atoms with van der Waals surface area (Å²) in [6.45, 7) is 3.88. The van der Waals surface area contributed by atoms with Crippen LogP contribution in [0.4, 0.5) is 4.39 Å². The molecule has 0 spiro atoms. The molecule has 0 radical (unpaired) electrons. The highest BCUT2D eigenvalue weighted by molar-refractivity contribution is 5.17. The summed E-state index contributed by atoms with van der Waals surface area (Å²) in [6, 6.07) is 1.39. The van der Waals surface area contributed by atoms with Gasteiger partial charge in [0.05, 0.1) is 12.3 Å². The summed E-state index contributed by atoms with van der Waals surface area (Å²) in [5.74, 6) is -0.609. The Hall–Kier alpha value is -1.00. The molecule has 0 saturated heterocycles. The van der Waals surface area contributed by atoms with E-state index in [0.29, 0.717) is 0 Å². The smallest absolute Gasteiger partial charge is 0.147 e. The topological polar surface area (TPSA) is 53.4 Å². The van der Waals surface area contributed by atoms with E-state index in [0.717, 1.165) is 19.0 Å². The second-order valence-corrected chi connectivity index (χ2v) is 3.91. The second-order valence-electron chi connectivity index (χ2n) is 3.91. The third-order valence-corrected chi connectivity index (χ3v) is 2.98. The lowest BCUT2D eigenvalue weighted by molar-refractivity contribution is -0.0226. The first-order chi connectivity index (χ1) is 7.61. The van der Waals surface area contributed by atoms with Crippen molar-refractivity contribution in [1.82, 2.24) is 4.98 Å². The predicted molar refractivity (Wildman–Crippen MR) is 59.2 cm³/mol. The van der Waals surface area contributed by atoms with Gasteiger partial charge in [0, 0.05) is 11.8 Å². The Balaban J connectivity index is 2.85. The summed E-state index contributed by atoms with van der Waals surface area (Å²) in [6.07, 6.45) is 1.82. The summed E-state index contributed by atoms with van der Waals surface area (Å²) < 4.78 is 13.3. The Bertz CT molecular complexity index is 329. The summed E-state index contributed by atoms with van der Waals surface area (Å²) in [5, 5.41) is 19.8. The molecule has 3 nitrogen and oxygen atoms in total. The summed E-state index contributed by atoms with van der Waals surface area (Å²) in [7, 11) is 0. The third-order valence-electron chi connectivity index (χ3n) is 2.98. The van der Waals surface area contributed by atoms with Crippen molar-refractivity contribution >= 4 is 0 Å². The lowest BCUT2D eigenvalue weighted by atomic mass is 9.90. The van der Waals surface area contributed by atoms with Crippen LogP contribution in [-0.2, 0) is 0 Å². The van der Waals surface area contributed by atoms with Crippen LogP contribution >= 0.6 is 0 Å². The molecule has 0 fully saturated rings. The number of halogens is 1. The lowest BCUT2D eigenvalue weighted by Gasteiger charge is -2.25. The molecule has 16 heavy (non-hydrogen) atoms. The molecule has 4 heteroatoms. The fraction of sp³-hybridized carbons (Fsp3) is 0.583. The first kappa shape index (κ1) is 13.1. The normalized spacial score (nSPS) is 15.1. The lowest BCUT2D eigenvalue weighted by Crippen LogP contribution is -2.27. The number of aliphatic hydroxyl groups is 2. The van der Waals surface area contributed by atoms with Crippen LogP contribution in [0.25, 0.3) is 0 Å². The Kier molecular flexibility index (Phi) is 4.83. The molecular weight excluding hydrogens is 209 g/mol. The zero-order valence-electron chi connectivity index (χ0n) is 9.60. The van der Waals surface area contributed by atoms with E-state index in [1.165, 1.54) is 12.3 Å². The van der Waals surface area contributed by atoms with E-state index in [1.54, 1.807) is 0 Å². The summed E-state index contributed by atoms with van der Waals surface area (Å²) >= 11 is 0. The molecule has 0 saturated carbocycles. The molecule has 90 valence electrons. The van der Waals surface area contributed by atoms with Gasteiger partial charge in [-0.15, -0.1) is 0 Å². The van der Waals surface area contributed by atoms with Gasteiger partial charge in [0.1, 0.15) is 11.9 Å².